The lowest BCUT2D eigenvalue weighted by molar-refractivity contribution is -0.107. The van der Waals surface area contributed by atoms with Crippen molar-refractivity contribution in [3.63, 3.8) is 0 Å². The average molecular weight is 537 g/mol. The average Bonchev–Trinajstić information content (AvgIpc) is 3.50. The van der Waals surface area contributed by atoms with Gasteiger partial charge in [0.05, 0.1) is 9.16 Å². The lowest BCUT2D eigenvalue weighted by atomic mass is 10.0. The Balaban J connectivity index is 1.53. The first-order valence-corrected chi connectivity index (χ1v) is 16.2. The van der Waals surface area contributed by atoms with Gasteiger partial charge in [0, 0.05) is 33.5 Å². The van der Waals surface area contributed by atoms with E-state index in [1.807, 2.05) is 47.0 Å². The summed E-state index contributed by atoms with van der Waals surface area (Å²) in [5, 5.41) is 3.62. The maximum Gasteiger partial charge on any atom is 0.211 e. The number of hydrogen-bond donors (Lipinski definition) is 0. The Labute approximate surface area is 215 Å². The Morgan fingerprint density at radius 2 is 1.28 bits per heavy atom. The number of benzene rings is 2. The molecule has 0 amide bonds. The molecule has 0 N–H and O–H groups in total. The Hall–Kier alpha value is -0.380. The zero-order valence-electron chi connectivity index (χ0n) is 17.4. The number of carbonyl (C=O) groups is 2. The van der Waals surface area contributed by atoms with E-state index in [-0.39, 0.29) is 10.2 Å². The van der Waals surface area contributed by atoms with E-state index in [0.29, 0.717) is 19.7 Å². The fraction of sp³-hybridized carbons (Fsp3) is 0.333. The molecule has 32 heavy (non-hydrogen) atoms. The summed E-state index contributed by atoms with van der Waals surface area (Å²) >= 11 is 10.7. The van der Waals surface area contributed by atoms with Crippen molar-refractivity contribution in [2.45, 2.75) is 19.7 Å². The van der Waals surface area contributed by atoms with Gasteiger partial charge in [-0.25, -0.2) is 0 Å². The van der Waals surface area contributed by atoms with Crippen LogP contribution in [-0.4, -0.2) is 43.7 Å². The van der Waals surface area contributed by atoms with Crippen molar-refractivity contribution < 1.29 is 9.59 Å². The van der Waals surface area contributed by atoms with E-state index >= 15 is 0 Å². The van der Waals surface area contributed by atoms with E-state index < -0.39 is 0 Å². The molecule has 0 saturated carbocycles. The minimum atomic E-state index is 0.0584. The van der Waals surface area contributed by atoms with Crippen LogP contribution in [0.3, 0.4) is 0 Å². The Bertz CT molecular complexity index is 942. The maximum atomic E-state index is 11.6. The van der Waals surface area contributed by atoms with Gasteiger partial charge in [-0.15, -0.1) is 47.0 Å². The van der Waals surface area contributed by atoms with Crippen LogP contribution in [-0.2, 0) is 9.59 Å². The Morgan fingerprint density at radius 3 is 1.69 bits per heavy atom. The van der Waals surface area contributed by atoms with Crippen LogP contribution in [0.15, 0.2) is 61.7 Å². The zero-order chi connectivity index (χ0) is 22.5. The molecule has 2 saturated heterocycles. The van der Waals surface area contributed by atoms with Gasteiger partial charge in [0.2, 0.25) is 10.2 Å². The van der Waals surface area contributed by atoms with Gasteiger partial charge in [0.1, 0.15) is 0 Å². The molecule has 0 radical (unpaired) electrons. The summed E-state index contributed by atoms with van der Waals surface area (Å²) in [7, 11) is 0. The van der Waals surface area contributed by atoms with Crippen molar-refractivity contribution in [3.05, 3.63) is 72.8 Å². The number of carbonyl (C=O) groups excluding carboxylic acids is 2. The van der Waals surface area contributed by atoms with Gasteiger partial charge in [-0.05, 0) is 46.2 Å². The lowest BCUT2D eigenvalue weighted by Crippen LogP contribution is -2.06. The summed E-state index contributed by atoms with van der Waals surface area (Å²) < 4.78 is 0.770. The minimum Gasteiger partial charge on any atom is -0.282 e. The van der Waals surface area contributed by atoms with Gasteiger partial charge in [0.15, 0.2) is 0 Å². The molecule has 2 aromatic carbocycles. The summed E-state index contributed by atoms with van der Waals surface area (Å²) in [6.45, 7) is 7.15. The minimum absolute atomic E-state index is 0.0584. The lowest BCUT2D eigenvalue weighted by Gasteiger charge is -2.20. The highest BCUT2D eigenvalue weighted by atomic mass is 32.2. The van der Waals surface area contributed by atoms with Gasteiger partial charge in [0.25, 0.3) is 0 Å². The third-order valence-electron chi connectivity index (χ3n) is 5.11. The van der Waals surface area contributed by atoms with Crippen molar-refractivity contribution in [1.82, 2.24) is 0 Å². The molecule has 0 bridgehead atoms. The summed E-state index contributed by atoms with van der Waals surface area (Å²) in [6, 6.07) is 13.3. The molecule has 2 aliphatic heterocycles. The second-order valence-electron chi connectivity index (χ2n) is 7.34. The van der Waals surface area contributed by atoms with Crippen molar-refractivity contribution in [2.24, 2.45) is 0 Å². The van der Waals surface area contributed by atoms with E-state index in [2.05, 4.69) is 49.6 Å². The van der Waals surface area contributed by atoms with Gasteiger partial charge in [-0.1, -0.05) is 60.9 Å². The van der Waals surface area contributed by atoms with Crippen LogP contribution in [0.25, 0.3) is 10.8 Å². The molecule has 2 aliphatic rings. The topological polar surface area (TPSA) is 34.1 Å². The molecule has 2 aromatic rings. The molecule has 4 rings (SSSR count). The molecule has 0 aliphatic carbocycles. The summed E-state index contributed by atoms with van der Waals surface area (Å²) in [6.07, 6.45) is 2.81. The first-order valence-electron chi connectivity index (χ1n) is 10.2. The molecule has 2 nitrogen and oxygen atoms in total. The van der Waals surface area contributed by atoms with Crippen LogP contribution in [0.4, 0.5) is 0 Å². The molecule has 8 heteroatoms. The first kappa shape index (κ1) is 24.7. The van der Waals surface area contributed by atoms with Crippen molar-refractivity contribution >= 4 is 91.6 Å². The third-order valence-corrected chi connectivity index (χ3v) is 14.2. The Kier molecular flexibility index (Phi) is 9.16. The normalized spacial score (nSPS) is 25.1. The summed E-state index contributed by atoms with van der Waals surface area (Å²) in [5.41, 5.74) is 2.84. The van der Waals surface area contributed by atoms with Gasteiger partial charge < -0.3 is 0 Å². The quantitative estimate of drug-likeness (QED) is 0.322. The van der Waals surface area contributed by atoms with Crippen LogP contribution in [0.2, 0.25) is 0 Å². The molecule has 4 atom stereocenters. The van der Waals surface area contributed by atoms with Crippen LogP contribution in [0, 0.1) is 0 Å². The molecule has 168 valence electrons. The standard InChI is InChI=1S/C24H24O2S6/c1-3-21(25)27-11-17-13-29-23(31-17)19-9-15-7-5-6-8-16(15)10-20(19)24-30-14-18(32-24)12-28-22(26)4-2/h3-10,17-18,23-24H,1-2,11-14H2. The van der Waals surface area contributed by atoms with E-state index in [9.17, 15) is 9.59 Å². The highest BCUT2D eigenvalue weighted by Crippen LogP contribution is 2.57. The van der Waals surface area contributed by atoms with Crippen LogP contribution >= 0.6 is 70.6 Å². The fourth-order valence-corrected chi connectivity index (χ4v) is 12.4. The molecular formula is C24H24O2S6. The monoisotopic (exact) mass is 536 g/mol. The zero-order valence-corrected chi connectivity index (χ0v) is 22.3. The van der Waals surface area contributed by atoms with Crippen molar-refractivity contribution in [3.8, 4) is 0 Å². The van der Waals surface area contributed by atoms with E-state index in [0.717, 1.165) is 23.0 Å². The molecule has 0 spiro atoms. The SMILES string of the molecule is C=CC(=O)SCC1CSC(c2cc3ccccc3cc2C2SCC(CSC(=O)C=C)S2)S1. The Morgan fingerprint density at radius 1 is 0.844 bits per heavy atom. The molecule has 2 heterocycles. The highest BCUT2D eigenvalue weighted by Gasteiger charge is 2.34. The molecular weight excluding hydrogens is 513 g/mol. The first-order chi connectivity index (χ1) is 15.6. The smallest absolute Gasteiger partial charge is 0.211 e. The summed E-state index contributed by atoms with van der Waals surface area (Å²) in [4.78, 5) is 23.3. The predicted octanol–water partition coefficient (Wildman–Crippen LogP) is 7.43. The van der Waals surface area contributed by atoms with Crippen molar-refractivity contribution in [1.29, 1.82) is 0 Å². The summed E-state index contributed by atoms with van der Waals surface area (Å²) in [5.74, 6) is 3.80. The maximum absolute atomic E-state index is 11.6. The molecule has 2 fully saturated rings. The second kappa shape index (κ2) is 11.8. The van der Waals surface area contributed by atoms with Crippen LogP contribution in [0.5, 0.6) is 0 Å². The van der Waals surface area contributed by atoms with E-state index in [1.165, 1.54) is 57.6 Å². The second-order valence-corrected chi connectivity index (χ2v) is 15.1. The van der Waals surface area contributed by atoms with Gasteiger partial charge in [-0.2, -0.15) is 0 Å². The van der Waals surface area contributed by atoms with E-state index in [4.69, 9.17) is 0 Å². The number of thioether (sulfide) groups is 6. The molecule has 0 aromatic heterocycles. The number of fused-ring (bicyclic) bond motifs is 1. The van der Waals surface area contributed by atoms with Gasteiger partial charge >= 0.3 is 0 Å². The third kappa shape index (κ3) is 6.19. The highest BCUT2D eigenvalue weighted by molar-refractivity contribution is 8.21. The fourth-order valence-electron chi connectivity index (χ4n) is 3.55. The number of rotatable bonds is 8. The van der Waals surface area contributed by atoms with E-state index in [1.54, 1.807) is 0 Å². The van der Waals surface area contributed by atoms with Crippen LogP contribution in [0.1, 0.15) is 20.3 Å². The predicted molar refractivity (Wildman–Crippen MR) is 152 cm³/mol. The molecule has 4 unspecified atom stereocenters. The largest absolute Gasteiger partial charge is 0.282 e. The van der Waals surface area contributed by atoms with Gasteiger partial charge in [-0.3, -0.25) is 9.59 Å². The number of hydrogen-bond acceptors (Lipinski definition) is 8. The van der Waals surface area contributed by atoms with Crippen LogP contribution < -0.4 is 0 Å². The van der Waals surface area contributed by atoms with Crippen molar-refractivity contribution in [2.75, 3.05) is 23.0 Å².